The minimum absolute atomic E-state index is 0.00952. The Labute approximate surface area is 286 Å². The third-order valence-corrected chi connectivity index (χ3v) is 9.53. The zero-order valence-corrected chi connectivity index (χ0v) is 28.6. The fraction of sp³-hybridized carbons (Fsp3) is 0.268. The van der Waals surface area contributed by atoms with E-state index in [1.54, 1.807) is 23.2 Å². The lowest BCUT2D eigenvalue weighted by molar-refractivity contribution is -0.119. The molecule has 250 valence electrons. The minimum atomic E-state index is 0.00952. The molecule has 0 saturated carbocycles. The number of pyridine rings is 2. The zero-order chi connectivity index (χ0) is 34.8. The molecule has 3 N–H and O–H groups in total. The Balaban J connectivity index is 0.000000177. The largest absolute Gasteiger partial charge is 0.398 e. The van der Waals surface area contributed by atoms with Crippen LogP contribution in [0.3, 0.4) is 0 Å². The zero-order valence-electron chi connectivity index (χ0n) is 28.6. The van der Waals surface area contributed by atoms with Gasteiger partial charge in [0.25, 0.3) is 11.1 Å². The van der Waals surface area contributed by atoms with Crippen LogP contribution < -0.4 is 22.2 Å². The molecule has 0 saturated heterocycles. The number of Topliss-reactive ketones (excluding diaryl/α,β-unsaturated/α-hetero) is 2. The van der Waals surface area contributed by atoms with Gasteiger partial charge in [0, 0.05) is 81.2 Å². The number of nitrogens with zero attached hydrogens (tertiary/aromatic N) is 2. The molecule has 3 aromatic carbocycles. The van der Waals surface area contributed by atoms with Gasteiger partial charge in [0.05, 0.1) is 0 Å². The van der Waals surface area contributed by atoms with Gasteiger partial charge in [-0.05, 0) is 101 Å². The lowest BCUT2D eigenvalue weighted by atomic mass is 9.87. The van der Waals surface area contributed by atoms with Gasteiger partial charge in [-0.1, -0.05) is 42.5 Å². The first kappa shape index (κ1) is 33.4. The minimum Gasteiger partial charge on any atom is -0.398 e. The van der Waals surface area contributed by atoms with Gasteiger partial charge in [-0.25, -0.2) is 0 Å². The van der Waals surface area contributed by atoms with Gasteiger partial charge in [-0.15, -0.1) is 0 Å². The van der Waals surface area contributed by atoms with Crippen LogP contribution in [0.25, 0.3) is 22.3 Å². The third-order valence-electron chi connectivity index (χ3n) is 9.53. The van der Waals surface area contributed by atoms with Crippen LogP contribution in [-0.2, 0) is 55.9 Å². The van der Waals surface area contributed by atoms with Crippen LogP contribution in [0.15, 0.2) is 88.7 Å². The number of fused-ring (bicyclic) bond motifs is 2. The number of aromatic nitrogens is 2. The highest BCUT2D eigenvalue weighted by molar-refractivity contribution is 5.87. The number of nitrogen functional groups attached to an aromatic ring is 1. The number of anilines is 2. The number of rotatable bonds is 5. The molecule has 8 heteroatoms. The number of ketones is 2. The summed E-state index contributed by atoms with van der Waals surface area (Å²) < 4.78 is 3.22. The van der Waals surface area contributed by atoms with Gasteiger partial charge in [-0.2, -0.15) is 0 Å². The molecule has 2 aliphatic carbocycles. The van der Waals surface area contributed by atoms with Crippen LogP contribution >= 0.6 is 0 Å². The van der Waals surface area contributed by atoms with E-state index in [1.165, 1.54) is 11.1 Å². The molecule has 0 unspecified atom stereocenters. The third kappa shape index (κ3) is 7.33. The van der Waals surface area contributed by atoms with Gasteiger partial charge in [0.1, 0.15) is 11.6 Å². The summed E-state index contributed by atoms with van der Waals surface area (Å²) in [7, 11) is 3.53. The maximum absolute atomic E-state index is 12.1. The van der Waals surface area contributed by atoms with Gasteiger partial charge < -0.3 is 20.2 Å². The van der Waals surface area contributed by atoms with E-state index in [-0.39, 0.29) is 16.9 Å². The first-order chi connectivity index (χ1) is 23.5. The molecule has 0 spiro atoms. The molecule has 0 fully saturated rings. The highest BCUT2D eigenvalue weighted by Gasteiger charge is 2.21. The summed E-state index contributed by atoms with van der Waals surface area (Å²) >= 11 is 0. The number of hydrogen-bond acceptors (Lipinski definition) is 6. The Morgan fingerprint density at radius 2 is 1.14 bits per heavy atom. The van der Waals surface area contributed by atoms with Gasteiger partial charge in [0.2, 0.25) is 0 Å². The van der Waals surface area contributed by atoms with Crippen molar-refractivity contribution in [3.63, 3.8) is 0 Å². The van der Waals surface area contributed by atoms with Crippen molar-refractivity contribution < 1.29 is 9.59 Å². The molecule has 2 aromatic heterocycles. The molecule has 0 atom stereocenters. The highest BCUT2D eigenvalue weighted by atomic mass is 16.1. The lowest BCUT2D eigenvalue weighted by Gasteiger charge is -2.22. The van der Waals surface area contributed by atoms with Gasteiger partial charge >= 0.3 is 0 Å². The number of aryl methyl sites for hydroxylation is 6. The van der Waals surface area contributed by atoms with Crippen molar-refractivity contribution >= 4 is 22.9 Å². The van der Waals surface area contributed by atoms with Crippen LogP contribution in [0, 0.1) is 13.8 Å². The van der Waals surface area contributed by atoms with Gasteiger partial charge in [0.15, 0.2) is 0 Å². The fourth-order valence-electron chi connectivity index (χ4n) is 6.83. The Morgan fingerprint density at radius 3 is 1.69 bits per heavy atom. The number of carbonyl (C=O) groups excluding carboxylic acids is 2. The molecular weight excluding hydrogens is 612 g/mol. The number of benzene rings is 3. The monoisotopic (exact) mass is 654 g/mol. The van der Waals surface area contributed by atoms with Crippen LogP contribution in [-0.4, -0.2) is 20.7 Å². The van der Waals surface area contributed by atoms with Crippen molar-refractivity contribution in [1.29, 1.82) is 0 Å². The lowest BCUT2D eigenvalue weighted by Crippen LogP contribution is -2.19. The van der Waals surface area contributed by atoms with E-state index < -0.39 is 0 Å². The fourth-order valence-corrected chi connectivity index (χ4v) is 6.83. The molecule has 7 rings (SSSR count). The molecule has 2 heterocycles. The summed E-state index contributed by atoms with van der Waals surface area (Å²) in [6, 6.07) is 22.3. The van der Waals surface area contributed by atoms with Crippen molar-refractivity contribution in [3.05, 3.63) is 139 Å². The van der Waals surface area contributed by atoms with E-state index in [1.807, 2.05) is 62.6 Å². The number of hydrogen-bond donors (Lipinski definition) is 2. The smallest absolute Gasteiger partial charge is 0.253 e. The topological polar surface area (TPSA) is 116 Å². The van der Waals surface area contributed by atoms with E-state index in [0.29, 0.717) is 49.3 Å². The second-order valence-electron chi connectivity index (χ2n) is 13.3. The average Bonchev–Trinajstić information content (AvgIpc) is 3.09. The molecule has 5 aromatic rings. The molecule has 0 bridgehead atoms. The Bertz CT molecular complexity index is 2160. The number of carbonyl (C=O) groups is 2. The first-order valence-electron chi connectivity index (χ1n) is 16.7. The van der Waals surface area contributed by atoms with E-state index in [4.69, 9.17) is 5.73 Å². The van der Waals surface area contributed by atoms with Crippen molar-refractivity contribution in [1.82, 2.24) is 9.13 Å². The van der Waals surface area contributed by atoms with E-state index in [2.05, 4.69) is 35.6 Å². The predicted octanol–water partition coefficient (Wildman–Crippen LogP) is 6.03. The maximum atomic E-state index is 12.1. The van der Waals surface area contributed by atoms with Crippen LogP contribution in [0.1, 0.15) is 51.8 Å². The first-order valence-corrected chi connectivity index (χ1v) is 16.7. The second kappa shape index (κ2) is 13.9. The van der Waals surface area contributed by atoms with E-state index >= 15 is 0 Å². The number of nitrogens with one attached hydrogen (secondary N) is 1. The molecule has 0 aliphatic heterocycles. The summed E-state index contributed by atoms with van der Waals surface area (Å²) in [5, 5.41) is 3.54. The van der Waals surface area contributed by atoms with Crippen LogP contribution in [0.2, 0.25) is 0 Å². The Morgan fingerprint density at radius 1 is 0.633 bits per heavy atom. The van der Waals surface area contributed by atoms with Crippen molar-refractivity contribution in [2.24, 2.45) is 14.1 Å². The molecule has 0 radical (unpaired) electrons. The van der Waals surface area contributed by atoms with E-state index in [0.717, 1.165) is 63.0 Å². The summed E-state index contributed by atoms with van der Waals surface area (Å²) in [5.41, 5.74) is 19.0. The van der Waals surface area contributed by atoms with Crippen LogP contribution in [0.4, 0.5) is 11.4 Å². The van der Waals surface area contributed by atoms with E-state index in [9.17, 15) is 19.2 Å². The molecule has 8 nitrogen and oxygen atoms in total. The average molecular weight is 655 g/mol. The summed E-state index contributed by atoms with van der Waals surface area (Å²) in [4.78, 5) is 47.5. The summed E-state index contributed by atoms with van der Waals surface area (Å²) in [6.07, 6.45) is 7.33. The molecule has 49 heavy (non-hydrogen) atoms. The number of nitrogens with two attached hydrogens (primary N) is 1. The quantitative estimate of drug-likeness (QED) is 0.224. The van der Waals surface area contributed by atoms with Crippen molar-refractivity contribution in [2.75, 3.05) is 11.1 Å². The van der Waals surface area contributed by atoms with Crippen LogP contribution in [0.5, 0.6) is 0 Å². The summed E-state index contributed by atoms with van der Waals surface area (Å²) in [6.45, 7) is 4.36. The molecular formula is C41H42N4O4. The standard InChI is InChI=1S/C24H24N2O2.C17H18N2O2/c1-16-10-20(15-26(2)24(16)28)19-11-18-8-9-21(27)13-22(18)23(12-19)25-14-17-6-4-3-5-7-17;1-10-5-13(9-19(2)17(10)21)12-6-11-3-4-14(20)8-15(11)16(18)7-12/h3-7,10-12,15,25H,8-9,13-14H2,1-2H3;5-7,9H,3-4,8,18H2,1-2H3. The Kier molecular flexibility index (Phi) is 9.49. The van der Waals surface area contributed by atoms with Crippen molar-refractivity contribution in [2.45, 2.75) is 58.9 Å². The van der Waals surface area contributed by atoms with Gasteiger partial charge in [-0.3, -0.25) is 19.2 Å². The normalized spacial score (nSPS) is 13.6. The SMILES string of the molecule is Cc1cc(-c2cc(N)c3c(c2)CCC(=O)C3)cn(C)c1=O.Cc1cc(-c2cc3c(c(NCc4ccccc4)c2)CC(=O)CC3)cn(C)c1=O. The maximum Gasteiger partial charge on any atom is 0.253 e. The van der Waals surface area contributed by atoms with Crippen molar-refractivity contribution in [3.8, 4) is 22.3 Å². The second-order valence-corrected chi connectivity index (χ2v) is 13.3. The molecule has 0 amide bonds. The molecule has 2 aliphatic rings. The Hall–Kier alpha value is -5.50. The summed E-state index contributed by atoms with van der Waals surface area (Å²) in [5.74, 6) is 0.542. The predicted molar refractivity (Wildman–Crippen MR) is 196 cm³/mol. The highest BCUT2D eigenvalue weighted by Crippen LogP contribution is 2.34.